The first kappa shape index (κ1) is 20.0. The molecule has 3 nitrogen and oxygen atoms in total. The average molecular weight is 396 g/mol. The lowest BCUT2D eigenvalue weighted by Crippen LogP contribution is -2.44. The van der Waals surface area contributed by atoms with Gasteiger partial charge >= 0.3 is 6.18 Å². The SMILES string of the molecule is CC1CC(=Nc2ccc(F)cc2)c2cc(F)ccc2N1C(=O)CCC(F)(F)F. The third-order valence-corrected chi connectivity index (χ3v) is 4.44. The van der Waals surface area contributed by atoms with Crippen molar-refractivity contribution >= 4 is 23.0 Å². The molecule has 0 aliphatic carbocycles. The Labute approximate surface area is 158 Å². The fraction of sp³-hybridized carbons (Fsp3) is 0.300. The largest absolute Gasteiger partial charge is 0.389 e. The molecule has 0 radical (unpaired) electrons. The Balaban J connectivity index is 1.98. The highest BCUT2D eigenvalue weighted by Gasteiger charge is 2.34. The van der Waals surface area contributed by atoms with Crippen molar-refractivity contribution in [1.82, 2.24) is 0 Å². The highest BCUT2D eigenvalue weighted by molar-refractivity contribution is 6.12. The van der Waals surface area contributed by atoms with Crippen LogP contribution >= 0.6 is 0 Å². The Morgan fingerprint density at radius 2 is 1.75 bits per heavy atom. The summed E-state index contributed by atoms with van der Waals surface area (Å²) < 4.78 is 64.4. The van der Waals surface area contributed by atoms with Crippen molar-refractivity contribution in [1.29, 1.82) is 0 Å². The predicted molar refractivity (Wildman–Crippen MR) is 95.9 cm³/mol. The molecule has 0 N–H and O–H groups in total. The Hall–Kier alpha value is -2.77. The number of hydrogen-bond donors (Lipinski definition) is 0. The number of halogens is 5. The molecule has 148 valence electrons. The summed E-state index contributed by atoms with van der Waals surface area (Å²) in [5.41, 5.74) is 1.58. The van der Waals surface area contributed by atoms with Crippen molar-refractivity contribution < 1.29 is 26.7 Å². The smallest absolute Gasteiger partial charge is 0.309 e. The van der Waals surface area contributed by atoms with Crippen molar-refractivity contribution in [2.45, 2.75) is 38.4 Å². The zero-order valence-electron chi connectivity index (χ0n) is 14.9. The molecule has 1 aliphatic rings. The quantitative estimate of drug-likeness (QED) is 0.626. The van der Waals surface area contributed by atoms with E-state index in [4.69, 9.17) is 0 Å². The number of anilines is 1. The van der Waals surface area contributed by atoms with Crippen LogP contribution in [0.1, 0.15) is 31.7 Å². The maximum atomic E-state index is 13.8. The van der Waals surface area contributed by atoms with Crippen molar-refractivity contribution in [3.63, 3.8) is 0 Å². The first-order valence-corrected chi connectivity index (χ1v) is 8.66. The molecule has 2 aromatic rings. The fourth-order valence-corrected chi connectivity index (χ4v) is 3.19. The molecule has 0 bridgehead atoms. The van der Waals surface area contributed by atoms with Gasteiger partial charge in [0, 0.05) is 24.4 Å². The van der Waals surface area contributed by atoms with Gasteiger partial charge in [0.1, 0.15) is 11.6 Å². The second-order valence-electron chi connectivity index (χ2n) is 6.63. The topological polar surface area (TPSA) is 32.7 Å². The first-order chi connectivity index (χ1) is 13.1. The minimum Gasteiger partial charge on any atom is -0.309 e. The molecular formula is C20H17F5N2O. The number of benzene rings is 2. The van der Waals surface area contributed by atoms with Gasteiger partial charge < -0.3 is 4.90 Å². The highest BCUT2D eigenvalue weighted by Crippen LogP contribution is 2.34. The van der Waals surface area contributed by atoms with E-state index in [0.717, 1.165) is 6.07 Å². The molecule has 3 rings (SSSR count). The van der Waals surface area contributed by atoms with Crippen LogP contribution < -0.4 is 4.90 Å². The molecule has 1 heterocycles. The third-order valence-electron chi connectivity index (χ3n) is 4.44. The Bertz CT molecular complexity index is 906. The number of amides is 1. The van der Waals surface area contributed by atoms with Gasteiger partial charge in [-0.15, -0.1) is 0 Å². The number of aliphatic imine (C=N–C) groups is 1. The first-order valence-electron chi connectivity index (χ1n) is 8.66. The minimum atomic E-state index is -4.44. The summed E-state index contributed by atoms with van der Waals surface area (Å²) in [7, 11) is 0. The lowest BCUT2D eigenvalue weighted by atomic mass is 9.93. The van der Waals surface area contributed by atoms with Gasteiger partial charge in [0.2, 0.25) is 5.91 Å². The van der Waals surface area contributed by atoms with Crippen LogP contribution in [0.25, 0.3) is 0 Å². The van der Waals surface area contributed by atoms with Gasteiger partial charge in [0.25, 0.3) is 0 Å². The molecule has 8 heteroatoms. The van der Waals surface area contributed by atoms with Crippen LogP contribution in [0.4, 0.5) is 33.3 Å². The van der Waals surface area contributed by atoms with Gasteiger partial charge in [0.15, 0.2) is 0 Å². The highest BCUT2D eigenvalue weighted by atomic mass is 19.4. The van der Waals surface area contributed by atoms with Crippen LogP contribution in [0.3, 0.4) is 0 Å². The van der Waals surface area contributed by atoms with E-state index < -0.39 is 42.6 Å². The van der Waals surface area contributed by atoms with Gasteiger partial charge in [0.05, 0.1) is 23.5 Å². The van der Waals surface area contributed by atoms with E-state index in [1.807, 2.05) is 0 Å². The fourth-order valence-electron chi connectivity index (χ4n) is 3.19. The van der Waals surface area contributed by atoms with Crippen LogP contribution in [0, 0.1) is 11.6 Å². The normalized spacial score (nSPS) is 18.3. The number of hydrogen-bond acceptors (Lipinski definition) is 2. The molecule has 0 fully saturated rings. The zero-order chi connectivity index (χ0) is 20.5. The number of fused-ring (bicyclic) bond motifs is 1. The predicted octanol–water partition coefficient (Wildman–Crippen LogP) is 5.55. The molecule has 0 spiro atoms. The Morgan fingerprint density at radius 1 is 1.11 bits per heavy atom. The Morgan fingerprint density at radius 3 is 2.39 bits per heavy atom. The van der Waals surface area contributed by atoms with E-state index in [-0.39, 0.29) is 6.42 Å². The molecule has 0 aromatic heterocycles. The van der Waals surface area contributed by atoms with E-state index in [0.29, 0.717) is 22.6 Å². The second kappa shape index (κ2) is 7.69. The molecule has 1 unspecified atom stereocenters. The Kier molecular flexibility index (Phi) is 5.49. The number of nitrogens with zero attached hydrogens (tertiary/aromatic N) is 2. The molecular weight excluding hydrogens is 379 g/mol. The van der Waals surface area contributed by atoms with Gasteiger partial charge in [-0.1, -0.05) is 0 Å². The average Bonchev–Trinajstić information content (AvgIpc) is 2.61. The lowest BCUT2D eigenvalue weighted by molar-refractivity contribution is -0.143. The molecule has 0 saturated heterocycles. The summed E-state index contributed by atoms with van der Waals surface area (Å²) >= 11 is 0. The number of alkyl halides is 3. The summed E-state index contributed by atoms with van der Waals surface area (Å²) in [6.07, 6.45) is -6.11. The monoisotopic (exact) mass is 396 g/mol. The number of carbonyl (C=O) groups excluding carboxylic acids is 1. The molecule has 1 amide bonds. The van der Waals surface area contributed by atoms with E-state index >= 15 is 0 Å². The molecule has 1 atom stereocenters. The maximum Gasteiger partial charge on any atom is 0.389 e. The van der Waals surface area contributed by atoms with Crippen molar-refractivity contribution in [2.24, 2.45) is 4.99 Å². The summed E-state index contributed by atoms with van der Waals surface area (Å²) in [4.78, 5) is 18.2. The summed E-state index contributed by atoms with van der Waals surface area (Å²) in [6.45, 7) is 1.69. The number of rotatable bonds is 3. The molecule has 2 aromatic carbocycles. The lowest BCUT2D eigenvalue weighted by Gasteiger charge is -2.36. The van der Waals surface area contributed by atoms with Crippen LogP contribution in [-0.2, 0) is 4.79 Å². The standard InChI is InChI=1S/C20H17F5N2O/c1-12-10-17(26-15-5-2-13(21)3-6-15)16-11-14(22)4-7-18(16)27(12)19(28)8-9-20(23,24)25/h2-7,11-12H,8-10H2,1H3. The van der Waals surface area contributed by atoms with Gasteiger partial charge in [-0.2, -0.15) is 13.2 Å². The van der Waals surface area contributed by atoms with Crippen molar-refractivity contribution in [3.05, 3.63) is 59.7 Å². The summed E-state index contributed by atoms with van der Waals surface area (Å²) in [5, 5.41) is 0. The summed E-state index contributed by atoms with van der Waals surface area (Å²) in [6, 6.07) is 8.67. The van der Waals surface area contributed by atoms with Crippen LogP contribution in [-0.4, -0.2) is 23.8 Å². The summed E-state index contributed by atoms with van der Waals surface area (Å²) in [5.74, 6) is -1.66. The van der Waals surface area contributed by atoms with Crippen molar-refractivity contribution in [3.8, 4) is 0 Å². The molecule has 1 aliphatic heterocycles. The van der Waals surface area contributed by atoms with E-state index in [2.05, 4.69) is 4.99 Å². The van der Waals surface area contributed by atoms with Gasteiger partial charge in [-0.25, -0.2) is 8.78 Å². The number of carbonyl (C=O) groups is 1. The zero-order valence-corrected chi connectivity index (χ0v) is 14.9. The maximum absolute atomic E-state index is 13.8. The van der Waals surface area contributed by atoms with Gasteiger partial charge in [-0.05, 0) is 49.4 Å². The van der Waals surface area contributed by atoms with E-state index in [9.17, 15) is 26.7 Å². The van der Waals surface area contributed by atoms with E-state index in [1.54, 1.807) is 6.92 Å². The second-order valence-corrected chi connectivity index (χ2v) is 6.63. The van der Waals surface area contributed by atoms with Crippen LogP contribution in [0.5, 0.6) is 0 Å². The van der Waals surface area contributed by atoms with Crippen molar-refractivity contribution in [2.75, 3.05) is 4.90 Å². The molecule has 28 heavy (non-hydrogen) atoms. The van der Waals surface area contributed by atoms with Crippen LogP contribution in [0.2, 0.25) is 0 Å². The molecule has 0 saturated carbocycles. The van der Waals surface area contributed by atoms with Gasteiger partial charge in [-0.3, -0.25) is 9.79 Å². The van der Waals surface area contributed by atoms with Crippen LogP contribution in [0.15, 0.2) is 47.5 Å². The minimum absolute atomic E-state index is 0.228. The third kappa shape index (κ3) is 4.55. The van der Waals surface area contributed by atoms with E-state index in [1.165, 1.54) is 41.3 Å².